The fourth-order valence-electron chi connectivity index (χ4n) is 7.97. The monoisotopic (exact) mass is 853 g/mol. The molecule has 0 radical (unpaired) electrons. The normalized spacial score (nSPS) is 21.3. The Bertz CT molecular complexity index is 1740. The summed E-state index contributed by atoms with van der Waals surface area (Å²) in [6.45, 7) is 27.5. The van der Waals surface area contributed by atoms with Crippen LogP contribution < -0.4 is 26.2 Å². The molecule has 4 aliphatic heterocycles. The molecule has 11 nitrogen and oxygen atoms in total. The van der Waals surface area contributed by atoms with Gasteiger partial charge in [0.2, 0.25) is 0 Å². The molecule has 0 bridgehead atoms. The van der Waals surface area contributed by atoms with Crippen molar-refractivity contribution >= 4 is 36.0 Å². The Balaban J connectivity index is 0.000000362. The molecule has 11 heteroatoms. The molecular weight excluding hydrogens is 773 g/mol. The lowest BCUT2D eigenvalue weighted by Crippen LogP contribution is -2.50. The Morgan fingerprint density at radius 1 is 0.968 bits per heavy atom. The SMILES string of the molecule is C=C1CN(C2=C(C)/C(=C/O)NCCC/C=C\2)CC/C1=C/N=C(C)Nc1ccccc1.C=O.CC.CNCCC=O.CNc1ccc(N2CCC(N3CCCC(C)(C)C3)CC2)cc1. The topological polar surface area (TPSA) is 125 Å². The first-order valence-electron chi connectivity index (χ1n) is 22.7. The van der Waals surface area contributed by atoms with E-state index in [-0.39, 0.29) is 0 Å². The number of benzene rings is 2. The number of likely N-dealkylation sites (tertiary alicyclic amines) is 2. The number of aliphatic hydroxyl groups is 1. The lowest BCUT2D eigenvalue weighted by atomic mass is 9.83. The number of piperidine rings is 3. The number of hydrogen-bond acceptors (Lipinski definition) is 10. The van der Waals surface area contributed by atoms with E-state index in [0.29, 0.717) is 11.8 Å². The van der Waals surface area contributed by atoms with Gasteiger partial charge in [0.05, 0.1) is 5.70 Å². The number of carbonyl (C=O) groups excluding carboxylic acids is 2. The second-order valence-corrected chi connectivity index (χ2v) is 16.5. The Hall–Kier alpha value is -5.13. The zero-order chi connectivity index (χ0) is 45.8. The molecule has 0 amide bonds. The number of anilines is 3. The second-order valence-electron chi connectivity index (χ2n) is 16.5. The van der Waals surface area contributed by atoms with Crippen LogP contribution in [-0.2, 0) is 9.59 Å². The van der Waals surface area contributed by atoms with E-state index < -0.39 is 0 Å². The summed E-state index contributed by atoms with van der Waals surface area (Å²) in [5.41, 5.74) is 9.34. The third-order valence-electron chi connectivity index (χ3n) is 11.3. The Kier molecular flexibility index (Phi) is 25.7. The van der Waals surface area contributed by atoms with Gasteiger partial charge in [-0.2, -0.15) is 0 Å². The van der Waals surface area contributed by atoms with Crippen molar-refractivity contribution in [3.63, 3.8) is 0 Å². The third-order valence-corrected chi connectivity index (χ3v) is 11.3. The van der Waals surface area contributed by atoms with Crippen molar-refractivity contribution in [1.82, 2.24) is 20.4 Å². The predicted octanol–water partition coefficient (Wildman–Crippen LogP) is 9.73. The van der Waals surface area contributed by atoms with Gasteiger partial charge in [-0.1, -0.05) is 58.5 Å². The van der Waals surface area contributed by atoms with Gasteiger partial charge >= 0.3 is 0 Å². The van der Waals surface area contributed by atoms with Crippen molar-refractivity contribution < 1.29 is 14.7 Å². The molecule has 5 N–H and O–H groups in total. The molecule has 2 aromatic carbocycles. The Labute approximate surface area is 375 Å². The summed E-state index contributed by atoms with van der Waals surface area (Å²) < 4.78 is 0. The van der Waals surface area contributed by atoms with Gasteiger partial charge in [0.15, 0.2) is 0 Å². The van der Waals surface area contributed by atoms with Gasteiger partial charge in [-0.15, -0.1) is 0 Å². The number of aliphatic imine (C=N–C) groups is 1. The molecule has 4 aliphatic rings. The van der Waals surface area contributed by atoms with E-state index in [1.807, 2.05) is 78.2 Å². The smallest absolute Gasteiger partial charge is 0.121 e. The number of nitrogens with one attached hydrogen (secondary N) is 4. The summed E-state index contributed by atoms with van der Waals surface area (Å²) >= 11 is 0. The van der Waals surface area contributed by atoms with E-state index in [2.05, 4.69) is 105 Å². The lowest BCUT2D eigenvalue weighted by Gasteiger charge is -2.45. The van der Waals surface area contributed by atoms with Gasteiger partial charge in [-0.25, -0.2) is 4.99 Å². The summed E-state index contributed by atoms with van der Waals surface area (Å²) in [6.07, 6.45) is 17.4. The Morgan fingerprint density at radius 2 is 1.66 bits per heavy atom. The fourth-order valence-corrected chi connectivity index (χ4v) is 7.97. The molecule has 0 aromatic heterocycles. The highest BCUT2D eigenvalue weighted by Crippen LogP contribution is 2.33. The number of nitrogens with zero attached hydrogens (tertiary/aromatic N) is 4. The summed E-state index contributed by atoms with van der Waals surface area (Å²) in [6, 6.07) is 19.7. The number of aliphatic hydroxyl groups excluding tert-OH is 1. The van der Waals surface area contributed by atoms with Crippen molar-refractivity contribution in [3.8, 4) is 0 Å². The van der Waals surface area contributed by atoms with E-state index in [1.165, 1.54) is 75.1 Å². The molecule has 3 fully saturated rings. The van der Waals surface area contributed by atoms with Crippen LogP contribution >= 0.6 is 0 Å². The first-order chi connectivity index (χ1) is 30.1. The lowest BCUT2D eigenvalue weighted by molar-refractivity contribution is -0.107. The molecule has 0 aliphatic carbocycles. The largest absolute Gasteiger partial charge is 0.513 e. The Morgan fingerprint density at radius 3 is 2.24 bits per heavy atom. The summed E-state index contributed by atoms with van der Waals surface area (Å²) in [4.78, 5) is 29.8. The van der Waals surface area contributed by atoms with E-state index in [0.717, 1.165) is 91.8 Å². The minimum absolute atomic E-state index is 0.512. The van der Waals surface area contributed by atoms with Crippen LogP contribution in [0.1, 0.15) is 92.9 Å². The van der Waals surface area contributed by atoms with E-state index >= 15 is 0 Å². The van der Waals surface area contributed by atoms with Crippen LogP contribution in [0.25, 0.3) is 0 Å². The van der Waals surface area contributed by atoms with Crippen LogP contribution in [0.2, 0.25) is 0 Å². The highest BCUT2D eigenvalue weighted by Gasteiger charge is 2.32. The molecule has 0 saturated carbocycles. The molecular formula is C51H80N8O3. The molecule has 2 aromatic rings. The van der Waals surface area contributed by atoms with Crippen molar-refractivity contribution in [2.24, 2.45) is 10.4 Å². The highest BCUT2D eigenvalue weighted by molar-refractivity contribution is 5.93. The first-order valence-corrected chi connectivity index (χ1v) is 22.7. The van der Waals surface area contributed by atoms with Gasteiger partial charge in [-0.05, 0) is 137 Å². The maximum Gasteiger partial charge on any atom is 0.121 e. The van der Waals surface area contributed by atoms with E-state index in [4.69, 9.17) is 4.79 Å². The zero-order valence-electron chi connectivity index (χ0n) is 39.4. The fraction of sp³-hybridized carbons (Fsp3) is 0.510. The molecule has 4 heterocycles. The third kappa shape index (κ3) is 18.5. The van der Waals surface area contributed by atoms with Gasteiger partial charge in [0, 0.05) is 94.3 Å². The van der Waals surface area contributed by atoms with Crippen LogP contribution in [0, 0.1) is 5.41 Å². The van der Waals surface area contributed by atoms with Crippen molar-refractivity contribution in [2.45, 2.75) is 99.0 Å². The number of allylic oxidation sites excluding steroid dienone is 3. The maximum absolute atomic E-state index is 9.66. The van der Waals surface area contributed by atoms with Gasteiger partial charge in [0.25, 0.3) is 0 Å². The molecule has 0 unspecified atom stereocenters. The van der Waals surface area contributed by atoms with Gasteiger partial charge in [-0.3, -0.25) is 4.90 Å². The number of para-hydroxylation sites is 1. The van der Waals surface area contributed by atoms with Crippen molar-refractivity contribution in [1.29, 1.82) is 0 Å². The van der Waals surface area contributed by atoms with Crippen LogP contribution in [0.3, 0.4) is 0 Å². The van der Waals surface area contributed by atoms with Gasteiger partial charge < -0.3 is 45.8 Å². The van der Waals surface area contributed by atoms with Crippen LogP contribution in [0.4, 0.5) is 17.1 Å². The molecule has 0 atom stereocenters. The van der Waals surface area contributed by atoms with Crippen LogP contribution in [-0.4, -0.2) is 106 Å². The second kappa shape index (κ2) is 30.0. The minimum Gasteiger partial charge on any atom is -0.513 e. The number of carbonyl (C=O) groups is 2. The average Bonchev–Trinajstić information content (AvgIpc) is 3.39. The van der Waals surface area contributed by atoms with E-state index in [9.17, 15) is 9.90 Å². The summed E-state index contributed by atoms with van der Waals surface area (Å²) in [5, 5.41) is 22.3. The maximum atomic E-state index is 9.66. The molecule has 62 heavy (non-hydrogen) atoms. The van der Waals surface area contributed by atoms with Gasteiger partial charge in [0.1, 0.15) is 25.2 Å². The van der Waals surface area contributed by atoms with Crippen LogP contribution in [0.15, 0.2) is 119 Å². The number of rotatable bonds is 9. The van der Waals surface area contributed by atoms with Crippen LogP contribution in [0.5, 0.6) is 0 Å². The summed E-state index contributed by atoms with van der Waals surface area (Å²) in [5.74, 6) is 0.852. The average molecular weight is 853 g/mol. The zero-order valence-corrected chi connectivity index (χ0v) is 39.4. The van der Waals surface area contributed by atoms with Crippen molar-refractivity contribution in [3.05, 3.63) is 114 Å². The predicted molar refractivity (Wildman–Crippen MR) is 265 cm³/mol. The van der Waals surface area contributed by atoms with E-state index in [1.54, 1.807) is 0 Å². The first kappa shape index (κ1) is 53.0. The number of amidine groups is 1. The molecule has 0 spiro atoms. The van der Waals surface area contributed by atoms with Crippen molar-refractivity contribution in [2.75, 3.05) is 82.0 Å². The summed E-state index contributed by atoms with van der Waals surface area (Å²) in [7, 11) is 3.80. The quantitative estimate of drug-likeness (QED) is 0.0548. The number of aldehydes is 1. The number of hydrogen-bond donors (Lipinski definition) is 5. The highest BCUT2D eigenvalue weighted by atomic mass is 16.2. The molecule has 6 rings (SSSR count). The molecule has 342 valence electrons. The molecule has 3 saturated heterocycles. The standard InChI is InChI=1S/C25H32N4O.C19H31N3.C4H9NO.C2H6.CH2O/c1-19-17-29(25-12-8-5-9-14-26-24(18-30)20(25)2)15-13-22(19)16-27-21(3)28-23-10-6-4-7-11-23;1-19(2)11-4-12-22(15-19)18-9-13-21(14-10-18)17-7-5-16(20-3)6-8-17;1-5-3-2-4-6;2*1-2/h4,6-8,10-12,16,18,26,30H,1,5,9,13-15,17H2,2-3H3,(H,27,28);5-8,18,20H,4,9-15H2,1-3H3;4-5H,2-3H2,1H3;1-2H3;1H2/b12-8-,22-16-,24-18-,25-20+;;;;. The minimum atomic E-state index is 0.512.